The van der Waals surface area contributed by atoms with Gasteiger partial charge in [0.25, 0.3) is 10.0 Å². The molecule has 0 aliphatic carbocycles. The number of rotatable bonds is 5. The van der Waals surface area contributed by atoms with Crippen LogP contribution in [0.1, 0.15) is 40.2 Å². The zero-order chi connectivity index (χ0) is 20.4. The van der Waals surface area contributed by atoms with Gasteiger partial charge in [0.1, 0.15) is 5.75 Å². The van der Waals surface area contributed by atoms with Crippen molar-refractivity contribution in [3.63, 3.8) is 0 Å². The highest BCUT2D eigenvalue weighted by Crippen LogP contribution is 2.29. The van der Waals surface area contributed by atoms with E-state index >= 15 is 0 Å². The van der Waals surface area contributed by atoms with Crippen LogP contribution in [0.4, 0.5) is 5.69 Å². The van der Waals surface area contributed by atoms with Crippen molar-refractivity contribution in [2.75, 3.05) is 11.4 Å². The van der Waals surface area contributed by atoms with Crippen molar-refractivity contribution in [1.82, 2.24) is 0 Å². The number of benzene rings is 2. The van der Waals surface area contributed by atoms with Gasteiger partial charge < -0.3 is 4.74 Å². The fourth-order valence-corrected chi connectivity index (χ4v) is 4.11. The van der Waals surface area contributed by atoms with Crippen LogP contribution in [0.5, 0.6) is 5.75 Å². The second-order valence-electron chi connectivity index (χ2n) is 7.73. The van der Waals surface area contributed by atoms with E-state index in [4.69, 9.17) is 4.74 Å². The van der Waals surface area contributed by atoms with E-state index in [0.717, 1.165) is 9.87 Å². The van der Waals surface area contributed by atoms with Gasteiger partial charge in [0.05, 0.1) is 17.7 Å². The number of nitrogens with zero attached hydrogens (tertiary/aromatic N) is 1. The van der Waals surface area contributed by atoms with Crippen molar-refractivity contribution in [1.29, 1.82) is 0 Å². The number of carbonyl (C=O) groups is 1. The molecule has 2 aromatic rings. The van der Waals surface area contributed by atoms with Gasteiger partial charge in [-0.1, -0.05) is 46.8 Å². The van der Waals surface area contributed by atoms with Crippen molar-refractivity contribution in [2.24, 2.45) is 5.92 Å². The van der Waals surface area contributed by atoms with E-state index in [9.17, 15) is 13.2 Å². The number of amides is 1. The zero-order valence-corrected chi connectivity index (χ0v) is 17.5. The smallest absolute Gasteiger partial charge is 0.270 e. The van der Waals surface area contributed by atoms with Crippen LogP contribution in [0.25, 0.3) is 0 Å². The topological polar surface area (TPSA) is 63.7 Å². The van der Waals surface area contributed by atoms with Crippen LogP contribution >= 0.6 is 0 Å². The van der Waals surface area contributed by atoms with Crippen LogP contribution in [0.15, 0.2) is 53.4 Å². The Bertz CT molecular complexity index is 893. The Labute approximate surface area is 162 Å². The van der Waals surface area contributed by atoms with Crippen molar-refractivity contribution in [3.05, 3.63) is 54.1 Å². The minimum atomic E-state index is -4.04. The second-order valence-corrected chi connectivity index (χ2v) is 9.52. The van der Waals surface area contributed by atoms with E-state index in [1.165, 1.54) is 7.11 Å². The van der Waals surface area contributed by atoms with Gasteiger partial charge in [-0.3, -0.25) is 4.79 Å². The van der Waals surface area contributed by atoms with E-state index in [-0.39, 0.29) is 16.0 Å². The van der Waals surface area contributed by atoms with Crippen LogP contribution in [0, 0.1) is 5.92 Å². The normalized spacial score (nSPS) is 12.1. The van der Waals surface area contributed by atoms with Crippen LogP contribution in [0.3, 0.4) is 0 Å². The number of hydrogen-bond acceptors (Lipinski definition) is 4. The lowest BCUT2D eigenvalue weighted by molar-refractivity contribution is -0.120. The highest BCUT2D eigenvalue weighted by molar-refractivity contribution is 7.93. The molecule has 0 fully saturated rings. The van der Waals surface area contributed by atoms with Crippen LogP contribution in [-0.4, -0.2) is 21.4 Å². The molecule has 0 aliphatic rings. The van der Waals surface area contributed by atoms with Gasteiger partial charge in [-0.2, -0.15) is 0 Å². The maximum atomic E-state index is 13.3. The SMILES string of the molecule is COc1ccc(N(C(=O)C(C)C)S(=O)(=O)c2ccc(C(C)(C)C)cc2)cc1. The number of sulfonamides is 1. The molecule has 0 spiro atoms. The molecule has 0 saturated carbocycles. The molecule has 1 amide bonds. The molecule has 0 aromatic heterocycles. The molecule has 2 rings (SSSR count). The molecular weight excluding hydrogens is 362 g/mol. The molecule has 0 radical (unpaired) electrons. The standard InChI is InChI=1S/C21H27NO4S/c1-15(2)20(23)22(17-9-11-18(26-6)12-10-17)27(24,25)19-13-7-16(8-14-19)21(3,4)5/h7-15H,1-6H3. The van der Waals surface area contributed by atoms with Gasteiger partial charge >= 0.3 is 0 Å². The third kappa shape index (κ3) is 4.50. The van der Waals surface area contributed by atoms with E-state index in [1.54, 1.807) is 62.4 Å². The van der Waals surface area contributed by atoms with Gasteiger partial charge in [0, 0.05) is 5.92 Å². The number of carbonyl (C=O) groups excluding carboxylic acids is 1. The fraction of sp³-hybridized carbons (Fsp3) is 0.381. The quantitative estimate of drug-likeness (QED) is 0.762. The average molecular weight is 390 g/mol. The Morgan fingerprint density at radius 2 is 1.48 bits per heavy atom. The predicted octanol–water partition coefficient (Wildman–Crippen LogP) is 4.37. The Morgan fingerprint density at radius 1 is 0.963 bits per heavy atom. The second kappa shape index (κ2) is 7.72. The molecular formula is C21H27NO4S. The predicted molar refractivity (Wildman–Crippen MR) is 108 cm³/mol. The third-order valence-electron chi connectivity index (χ3n) is 4.26. The van der Waals surface area contributed by atoms with Crippen molar-refractivity contribution in [3.8, 4) is 5.75 Å². The maximum Gasteiger partial charge on any atom is 0.270 e. The minimum absolute atomic E-state index is 0.0836. The summed E-state index contributed by atoms with van der Waals surface area (Å²) in [4.78, 5) is 12.8. The lowest BCUT2D eigenvalue weighted by Crippen LogP contribution is -2.39. The summed E-state index contributed by atoms with van der Waals surface area (Å²) in [5, 5.41) is 0. The Balaban J connectivity index is 2.54. The lowest BCUT2D eigenvalue weighted by Gasteiger charge is -2.25. The summed E-state index contributed by atoms with van der Waals surface area (Å²) >= 11 is 0. The monoisotopic (exact) mass is 389 g/mol. The summed E-state index contributed by atoms with van der Waals surface area (Å²) in [5.41, 5.74) is 1.22. The van der Waals surface area contributed by atoms with Crippen LogP contribution < -0.4 is 9.04 Å². The highest BCUT2D eigenvalue weighted by atomic mass is 32.2. The molecule has 0 unspecified atom stereocenters. The lowest BCUT2D eigenvalue weighted by atomic mass is 9.87. The first-order valence-corrected chi connectivity index (χ1v) is 10.3. The number of anilines is 1. The summed E-state index contributed by atoms with van der Waals surface area (Å²) in [6, 6.07) is 13.1. The van der Waals surface area contributed by atoms with Gasteiger partial charge in [-0.15, -0.1) is 0 Å². The Morgan fingerprint density at radius 3 is 1.89 bits per heavy atom. The molecule has 6 heteroatoms. The Hall–Kier alpha value is -2.34. The highest BCUT2D eigenvalue weighted by Gasteiger charge is 2.32. The van der Waals surface area contributed by atoms with Crippen LogP contribution in [0.2, 0.25) is 0 Å². The van der Waals surface area contributed by atoms with Crippen molar-refractivity contribution < 1.29 is 17.9 Å². The first kappa shape index (κ1) is 21.0. The van der Waals surface area contributed by atoms with Gasteiger partial charge in [0.15, 0.2) is 0 Å². The molecule has 0 bridgehead atoms. The molecule has 0 N–H and O–H groups in total. The first-order valence-electron chi connectivity index (χ1n) is 8.82. The van der Waals surface area contributed by atoms with Gasteiger partial charge in [-0.05, 0) is 47.4 Å². The molecule has 0 aliphatic heterocycles. The number of ether oxygens (including phenoxy) is 1. The summed E-state index contributed by atoms with van der Waals surface area (Å²) in [5.74, 6) is -0.376. The summed E-state index contributed by atoms with van der Waals surface area (Å²) in [7, 11) is -2.51. The number of methoxy groups -OCH3 is 1. The summed E-state index contributed by atoms with van der Waals surface area (Å²) in [6.07, 6.45) is 0. The largest absolute Gasteiger partial charge is 0.497 e. The molecule has 2 aromatic carbocycles. The number of hydrogen-bond donors (Lipinski definition) is 0. The van der Waals surface area contributed by atoms with Gasteiger partial charge in [-0.25, -0.2) is 12.7 Å². The average Bonchev–Trinajstić information content (AvgIpc) is 2.61. The molecule has 0 atom stereocenters. The molecule has 5 nitrogen and oxygen atoms in total. The Kier molecular flexibility index (Phi) is 6.00. The molecule has 0 heterocycles. The van der Waals surface area contributed by atoms with E-state index in [0.29, 0.717) is 5.75 Å². The van der Waals surface area contributed by atoms with Crippen molar-refractivity contribution >= 4 is 21.6 Å². The third-order valence-corrected chi connectivity index (χ3v) is 6.00. The first-order chi connectivity index (χ1) is 12.5. The fourth-order valence-electron chi connectivity index (χ4n) is 2.57. The molecule has 146 valence electrons. The molecule has 0 saturated heterocycles. The minimum Gasteiger partial charge on any atom is -0.497 e. The van der Waals surface area contributed by atoms with Gasteiger partial charge in [0.2, 0.25) is 5.91 Å². The summed E-state index contributed by atoms with van der Waals surface area (Å²) < 4.78 is 32.5. The maximum absolute atomic E-state index is 13.3. The summed E-state index contributed by atoms with van der Waals surface area (Å²) in [6.45, 7) is 9.53. The van der Waals surface area contributed by atoms with Crippen LogP contribution in [-0.2, 0) is 20.2 Å². The van der Waals surface area contributed by atoms with Crippen molar-refractivity contribution in [2.45, 2.75) is 44.9 Å². The van der Waals surface area contributed by atoms with E-state index < -0.39 is 21.8 Å². The van der Waals surface area contributed by atoms with E-state index in [2.05, 4.69) is 20.8 Å². The van der Waals surface area contributed by atoms with E-state index in [1.807, 2.05) is 0 Å². The zero-order valence-electron chi connectivity index (χ0n) is 16.7. The molecule has 27 heavy (non-hydrogen) atoms.